The van der Waals surface area contributed by atoms with Crippen molar-refractivity contribution in [2.24, 2.45) is 11.8 Å². The topological polar surface area (TPSA) is 95.6 Å². The number of hydrogen-bond donors (Lipinski definition) is 2. The Balaban J connectivity index is 1.72. The Morgan fingerprint density at radius 3 is 2.24 bits per heavy atom. The van der Waals surface area contributed by atoms with Crippen LogP contribution in [0, 0.1) is 11.8 Å². The summed E-state index contributed by atoms with van der Waals surface area (Å²) < 4.78 is 27.4. The molecule has 2 heterocycles. The Morgan fingerprint density at radius 1 is 1.06 bits per heavy atom. The number of nitrogens with zero attached hydrogens (tertiary/aromatic N) is 1. The molecule has 1 saturated heterocycles. The molecule has 0 spiro atoms. The molecule has 0 aliphatic carbocycles. The molecule has 10 heteroatoms. The molecule has 2 atom stereocenters. The highest BCUT2D eigenvalue weighted by atomic mass is 35.5. The maximum atomic E-state index is 13.1. The molecular weight excluding hydrogens is 482 g/mol. The minimum Gasteiger partial charge on any atom is -0.352 e. The SMILES string of the molecule is CC(C)[C@H](C)NC(=O)[C@H](NC(=O)c1cccs1)C1CCN(S(=O)(=O)c2ccc(Cl)cc2)CC1. The molecule has 33 heavy (non-hydrogen) atoms. The van der Waals surface area contributed by atoms with Gasteiger partial charge in [-0.2, -0.15) is 4.31 Å². The summed E-state index contributed by atoms with van der Waals surface area (Å²) in [5.41, 5.74) is 0. The zero-order valence-corrected chi connectivity index (χ0v) is 21.3. The zero-order chi connectivity index (χ0) is 24.2. The van der Waals surface area contributed by atoms with Crippen LogP contribution in [-0.4, -0.2) is 49.7 Å². The van der Waals surface area contributed by atoms with Gasteiger partial charge >= 0.3 is 0 Å². The van der Waals surface area contributed by atoms with Crippen LogP contribution in [0.1, 0.15) is 43.3 Å². The van der Waals surface area contributed by atoms with E-state index in [1.807, 2.05) is 26.2 Å². The number of thiophene rings is 1. The first-order valence-corrected chi connectivity index (χ1v) is 13.7. The van der Waals surface area contributed by atoms with Crippen LogP contribution in [0.3, 0.4) is 0 Å². The van der Waals surface area contributed by atoms with Gasteiger partial charge in [-0.15, -0.1) is 11.3 Å². The number of nitrogens with one attached hydrogen (secondary N) is 2. The number of piperidine rings is 1. The fourth-order valence-corrected chi connectivity index (χ4v) is 5.93. The van der Waals surface area contributed by atoms with Crippen molar-refractivity contribution < 1.29 is 18.0 Å². The number of benzene rings is 1. The predicted molar refractivity (Wildman–Crippen MR) is 131 cm³/mol. The van der Waals surface area contributed by atoms with Crippen LogP contribution in [-0.2, 0) is 14.8 Å². The van der Waals surface area contributed by atoms with Gasteiger partial charge in [-0.25, -0.2) is 8.42 Å². The maximum absolute atomic E-state index is 13.1. The molecule has 3 rings (SSSR count). The van der Waals surface area contributed by atoms with Crippen molar-refractivity contribution in [3.8, 4) is 0 Å². The average molecular weight is 512 g/mol. The minimum atomic E-state index is -3.65. The summed E-state index contributed by atoms with van der Waals surface area (Å²) in [4.78, 5) is 26.6. The Labute approximate surface area is 204 Å². The Kier molecular flexibility index (Phi) is 8.55. The summed E-state index contributed by atoms with van der Waals surface area (Å²) in [7, 11) is -3.65. The van der Waals surface area contributed by atoms with Crippen LogP contribution in [0.4, 0.5) is 0 Å². The molecule has 1 aromatic carbocycles. The third kappa shape index (κ3) is 6.35. The molecule has 1 aliphatic rings. The molecule has 0 saturated carbocycles. The van der Waals surface area contributed by atoms with Gasteiger partial charge in [-0.05, 0) is 67.3 Å². The zero-order valence-electron chi connectivity index (χ0n) is 19.0. The average Bonchev–Trinajstić information content (AvgIpc) is 3.32. The van der Waals surface area contributed by atoms with E-state index in [2.05, 4.69) is 10.6 Å². The number of carbonyl (C=O) groups is 2. The van der Waals surface area contributed by atoms with Crippen LogP contribution in [0.15, 0.2) is 46.7 Å². The second kappa shape index (κ2) is 11.0. The first-order chi connectivity index (χ1) is 15.6. The highest BCUT2D eigenvalue weighted by molar-refractivity contribution is 7.89. The van der Waals surface area contributed by atoms with E-state index in [-0.39, 0.29) is 47.7 Å². The summed E-state index contributed by atoms with van der Waals surface area (Å²) in [5, 5.41) is 8.19. The number of carbonyl (C=O) groups excluding carboxylic acids is 2. The van der Waals surface area contributed by atoms with Crippen molar-refractivity contribution in [1.82, 2.24) is 14.9 Å². The third-order valence-corrected chi connectivity index (χ3v) is 9.14. The van der Waals surface area contributed by atoms with Gasteiger partial charge in [0.25, 0.3) is 5.91 Å². The quantitative estimate of drug-likeness (QED) is 0.564. The summed E-state index contributed by atoms with van der Waals surface area (Å²) in [6.45, 7) is 6.51. The third-order valence-electron chi connectivity index (χ3n) is 6.11. The second-order valence-corrected chi connectivity index (χ2v) is 12.0. The van der Waals surface area contributed by atoms with Gasteiger partial charge in [0, 0.05) is 24.2 Å². The van der Waals surface area contributed by atoms with E-state index in [9.17, 15) is 18.0 Å². The molecule has 1 aliphatic heterocycles. The number of rotatable bonds is 8. The van der Waals surface area contributed by atoms with Crippen molar-refractivity contribution in [1.29, 1.82) is 0 Å². The van der Waals surface area contributed by atoms with E-state index < -0.39 is 16.1 Å². The lowest BCUT2D eigenvalue weighted by Gasteiger charge is -2.35. The van der Waals surface area contributed by atoms with Gasteiger partial charge in [0.1, 0.15) is 6.04 Å². The van der Waals surface area contributed by atoms with Crippen molar-refractivity contribution >= 4 is 44.8 Å². The normalized spacial score (nSPS) is 17.5. The van der Waals surface area contributed by atoms with E-state index in [4.69, 9.17) is 11.6 Å². The molecule has 2 aromatic rings. The summed E-state index contributed by atoms with van der Waals surface area (Å²) >= 11 is 7.20. The van der Waals surface area contributed by atoms with Crippen LogP contribution < -0.4 is 10.6 Å². The molecule has 0 unspecified atom stereocenters. The van der Waals surface area contributed by atoms with Crippen molar-refractivity contribution in [2.45, 2.75) is 50.6 Å². The largest absolute Gasteiger partial charge is 0.352 e. The van der Waals surface area contributed by atoms with Gasteiger partial charge in [0.15, 0.2) is 0 Å². The number of hydrogen-bond acceptors (Lipinski definition) is 5. The fraction of sp³-hybridized carbons (Fsp3) is 0.478. The van der Waals surface area contributed by atoms with E-state index in [1.54, 1.807) is 24.3 Å². The van der Waals surface area contributed by atoms with Crippen LogP contribution >= 0.6 is 22.9 Å². The smallest absolute Gasteiger partial charge is 0.262 e. The minimum absolute atomic E-state index is 0.0518. The predicted octanol–water partition coefficient (Wildman–Crippen LogP) is 3.76. The molecule has 0 radical (unpaired) electrons. The van der Waals surface area contributed by atoms with Gasteiger partial charge < -0.3 is 10.6 Å². The van der Waals surface area contributed by atoms with Gasteiger partial charge in [0.05, 0.1) is 9.77 Å². The lowest BCUT2D eigenvalue weighted by Crippen LogP contribution is -2.55. The second-order valence-electron chi connectivity index (χ2n) is 8.67. The number of halogens is 1. The molecule has 1 aromatic heterocycles. The first-order valence-electron chi connectivity index (χ1n) is 11.0. The Morgan fingerprint density at radius 2 is 1.70 bits per heavy atom. The lowest BCUT2D eigenvalue weighted by atomic mass is 9.89. The molecule has 7 nitrogen and oxygen atoms in total. The van der Waals surface area contributed by atoms with Crippen molar-refractivity contribution in [3.05, 3.63) is 51.7 Å². The Hall–Kier alpha value is -1.94. The Bertz CT molecular complexity index is 1050. The van der Waals surface area contributed by atoms with E-state index >= 15 is 0 Å². The lowest BCUT2D eigenvalue weighted by molar-refractivity contribution is -0.125. The monoisotopic (exact) mass is 511 g/mol. The molecule has 180 valence electrons. The van der Waals surface area contributed by atoms with Gasteiger partial charge in [-0.3, -0.25) is 9.59 Å². The number of amides is 2. The number of sulfonamides is 1. The fourth-order valence-electron chi connectivity index (χ4n) is 3.70. The van der Waals surface area contributed by atoms with Crippen molar-refractivity contribution in [2.75, 3.05) is 13.1 Å². The molecule has 0 bridgehead atoms. The van der Waals surface area contributed by atoms with Crippen LogP contribution in [0.2, 0.25) is 5.02 Å². The van der Waals surface area contributed by atoms with Gasteiger partial charge in [-0.1, -0.05) is 31.5 Å². The molecule has 2 N–H and O–H groups in total. The molecule has 2 amide bonds. The van der Waals surface area contributed by atoms with E-state index in [0.717, 1.165) is 0 Å². The summed E-state index contributed by atoms with van der Waals surface area (Å²) in [5.74, 6) is -0.461. The highest BCUT2D eigenvalue weighted by Crippen LogP contribution is 2.27. The van der Waals surface area contributed by atoms with Gasteiger partial charge in [0.2, 0.25) is 15.9 Å². The van der Waals surface area contributed by atoms with Crippen molar-refractivity contribution in [3.63, 3.8) is 0 Å². The molecular formula is C23H30ClN3O4S2. The highest BCUT2D eigenvalue weighted by Gasteiger charge is 2.37. The molecule has 1 fully saturated rings. The summed E-state index contributed by atoms with van der Waals surface area (Å²) in [6.07, 6.45) is 0.928. The maximum Gasteiger partial charge on any atom is 0.262 e. The summed E-state index contributed by atoms with van der Waals surface area (Å²) in [6, 6.07) is 8.81. The first kappa shape index (κ1) is 25.7. The van der Waals surface area contributed by atoms with E-state index in [1.165, 1.54) is 27.8 Å². The van der Waals surface area contributed by atoms with E-state index in [0.29, 0.717) is 22.7 Å². The standard InChI is InChI=1S/C23H30ClN3O4S2/c1-15(2)16(3)25-23(29)21(26-22(28)20-5-4-14-32-20)17-10-12-27(13-11-17)33(30,31)19-8-6-18(24)7-9-19/h4-9,14-17,21H,10-13H2,1-3H3,(H,25,29)(H,26,28)/t16-,21+/m0/s1. The van der Waals surface area contributed by atoms with Crippen LogP contribution in [0.25, 0.3) is 0 Å². The van der Waals surface area contributed by atoms with Crippen LogP contribution in [0.5, 0.6) is 0 Å².